The average Bonchev–Trinajstić information content (AvgIpc) is 3.15. The zero-order valence-corrected chi connectivity index (χ0v) is 11.7. The maximum atomic E-state index is 11.6. The predicted octanol–water partition coefficient (Wildman–Crippen LogP) is 2.82. The zero-order chi connectivity index (χ0) is 14.7. The fourth-order valence-corrected chi connectivity index (χ4v) is 2.21. The molecule has 108 valence electrons. The van der Waals surface area contributed by atoms with E-state index >= 15 is 0 Å². The minimum atomic E-state index is -0.432. The van der Waals surface area contributed by atoms with Crippen LogP contribution in [0.5, 0.6) is 0 Å². The zero-order valence-electron chi connectivity index (χ0n) is 11.0. The van der Waals surface area contributed by atoms with Gasteiger partial charge in [0, 0.05) is 0 Å². The van der Waals surface area contributed by atoms with Crippen molar-refractivity contribution in [2.75, 3.05) is 4.90 Å². The number of hydrogen-bond acceptors (Lipinski definition) is 5. The first kappa shape index (κ1) is 13.5. The lowest BCUT2D eigenvalue weighted by molar-refractivity contribution is 0.476. The van der Waals surface area contributed by atoms with Crippen molar-refractivity contribution in [3.05, 3.63) is 69.9 Å². The Labute approximate surface area is 124 Å². The number of aromatic nitrogens is 2. The molecule has 21 heavy (non-hydrogen) atoms. The normalized spacial score (nSPS) is 10.7. The summed E-state index contributed by atoms with van der Waals surface area (Å²) in [6.07, 6.45) is 4.70. The Hall–Kier alpha value is -2.47. The summed E-state index contributed by atoms with van der Waals surface area (Å²) in [7, 11) is 0. The van der Waals surface area contributed by atoms with Gasteiger partial charge < -0.3 is 13.7 Å². The van der Waals surface area contributed by atoms with Gasteiger partial charge in [0.15, 0.2) is 0 Å². The van der Waals surface area contributed by atoms with Crippen LogP contribution in [0, 0.1) is 0 Å². The number of nitrogens with zero attached hydrogens (tertiary/aromatic N) is 2. The molecule has 0 unspecified atom stereocenters. The van der Waals surface area contributed by atoms with Crippen LogP contribution in [0.25, 0.3) is 0 Å². The van der Waals surface area contributed by atoms with Crippen molar-refractivity contribution >= 4 is 17.3 Å². The van der Waals surface area contributed by atoms with Crippen LogP contribution in [0.3, 0.4) is 0 Å². The van der Waals surface area contributed by atoms with E-state index in [4.69, 9.17) is 20.4 Å². The van der Waals surface area contributed by atoms with Gasteiger partial charge in [-0.2, -0.15) is 5.10 Å². The minimum absolute atomic E-state index is 0.0862. The molecule has 3 aromatic rings. The summed E-state index contributed by atoms with van der Waals surface area (Å²) in [6.45, 7) is 0.886. The van der Waals surface area contributed by atoms with Crippen LogP contribution in [-0.4, -0.2) is 10.2 Å². The number of rotatable bonds is 5. The van der Waals surface area contributed by atoms with Crippen LogP contribution in [0.2, 0.25) is 5.02 Å². The van der Waals surface area contributed by atoms with Crippen molar-refractivity contribution in [1.82, 2.24) is 10.2 Å². The van der Waals surface area contributed by atoms with E-state index in [1.165, 1.54) is 6.20 Å². The second-order valence-electron chi connectivity index (χ2n) is 4.41. The molecular weight excluding hydrogens is 294 g/mol. The summed E-state index contributed by atoms with van der Waals surface area (Å²) in [4.78, 5) is 13.5. The first-order valence-corrected chi connectivity index (χ1v) is 6.65. The maximum absolute atomic E-state index is 11.6. The monoisotopic (exact) mass is 305 g/mol. The fourth-order valence-electron chi connectivity index (χ4n) is 2.00. The quantitative estimate of drug-likeness (QED) is 0.784. The predicted molar refractivity (Wildman–Crippen MR) is 77.2 cm³/mol. The smallest absolute Gasteiger partial charge is 0.285 e. The Morgan fingerprint density at radius 3 is 2.29 bits per heavy atom. The molecule has 3 heterocycles. The van der Waals surface area contributed by atoms with Crippen molar-refractivity contribution in [2.24, 2.45) is 0 Å². The van der Waals surface area contributed by atoms with Crippen molar-refractivity contribution in [2.45, 2.75) is 13.1 Å². The Bertz CT molecular complexity index is 714. The average molecular weight is 306 g/mol. The van der Waals surface area contributed by atoms with E-state index in [1.807, 2.05) is 17.0 Å². The number of hydrogen-bond donors (Lipinski definition) is 1. The molecule has 0 radical (unpaired) electrons. The summed E-state index contributed by atoms with van der Waals surface area (Å²) >= 11 is 6.08. The molecule has 0 aromatic carbocycles. The highest BCUT2D eigenvalue weighted by atomic mass is 35.5. The molecule has 0 saturated carbocycles. The molecule has 0 spiro atoms. The van der Waals surface area contributed by atoms with Crippen LogP contribution in [0.1, 0.15) is 11.5 Å². The van der Waals surface area contributed by atoms with E-state index in [0.29, 0.717) is 18.8 Å². The summed E-state index contributed by atoms with van der Waals surface area (Å²) in [5.74, 6) is 1.50. The van der Waals surface area contributed by atoms with Crippen LogP contribution in [0.4, 0.5) is 5.69 Å². The number of H-pyrrole nitrogens is 1. The Balaban J connectivity index is 1.94. The molecule has 0 amide bonds. The second kappa shape index (κ2) is 5.88. The highest BCUT2D eigenvalue weighted by Crippen LogP contribution is 2.24. The minimum Gasteiger partial charge on any atom is -0.467 e. The van der Waals surface area contributed by atoms with Gasteiger partial charge in [-0.15, -0.1) is 0 Å². The Kier molecular flexibility index (Phi) is 3.79. The first-order valence-electron chi connectivity index (χ1n) is 6.27. The van der Waals surface area contributed by atoms with Crippen LogP contribution in [0.15, 0.2) is 56.6 Å². The van der Waals surface area contributed by atoms with Gasteiger partial charge in [0.05, 0.1) is 37.5 Å². The molecule has 0 bridgehead atoms. The number of furan rings is 2. The van der Waals surface area contributed by atoms with E-state index in [9.17, 15) is 4.79 Å². The van der Waals surface area contributed by atoms with E-state index in [0.717, 1.165) is 11.5 Å². The third-order valence-corrected chi connectivity index (χ3v) is 3.34. The standard InChI is InChI=1S/C14H12ClN3O3/c15-13-12(7-16-17-14(13)19)18(8-10-3-1-5-20-10)9-11-4-2-6-21-11/h1-7H,8-9H2,(H,17,19). The van der Waals surface area contributed by atoms with Gasteiger partial charge in [-0.3, -0.25) is 4.79 Å². The molecule has 7 heteroatoms. The molecule has 3 rings (SSSR count). The van der Waals surface area contributed by atoms with Gasteiger partial charge in [-0.25, -0.2) is 5.10 Å². The molecule has 3 aromatic heterocycles. The third-order valence-electron chi connectivity index (χ3n) is 2.97. The van der Waals surface area contributed by atoms with Gasteiger partial charge in [0.2, 0.25) is 0 Å². The van der Waals surface area contributed by atoms with Gasteiger partial charge in [-0.1, -0.05) is 11.6 Å². The second-order valence-corrected chi connectivity index (χ2v) is 4.79. The molecule has 0 aliphatic heterocycles. The lowest BCUT2D eigenvalue weighted by Crippen LogP contribution is -2.24. The van der Waals surface area contributed by atoms with E-state index < -0.39 is 5.56 Å². The van der Waals surface area contributed by atoms with E-state index in [-0.39, 0.29) is 5.02 Å². The van der Waals surface area contributed by atoms with Crippen LogP contribution in [-0.2, 0) is 13.1 Å². The number of anilines is 1. The topological polar surface area (TPSA) is 75.3 Å². The lowest BCUT2D eigenvalue weighted by atomic mass is 10.3. The van der Waals surface area contributed by atoms with Gasteiger partial charge in [0.25, 0.3) is 5.56 Å². The highest BCUT2D eigenvalue weighted by Gasteiger charge is 2.16. The number of nitrogens with one attached hydrogen (secondary N) is 1. The maximum Gasteiger partial charge on any atom is 0.285 e. The fraction of sp³-hybridized carbons (Fsp3) is 0.143. The third kappa shape index (κ3) is 3.00. The SMILES string of the molecule is O=c1[nH]ncc(N(Cc2ccco2)Cc2ccco2)c1Cl. The van der Waals surface area contributed by atoms with E-state index in [1.54, 1.807) is 24.7 Å². The molecule has 0 aliphatic carbocycles. The molecular formula is C14H12ClN3O3. The summed E-state index contributed by atoms with van der Waals surface area (Å²) in [6, 6.07) is 7.31. The van der Waals surface area contributed by atoms with Gasteiger partial charge >= 0.3 is 0 Å². The Morgan fingerprint density at radius 1 is 1.14 bits per heavy atom. The van der Waals surface area contributed by atoms with Crippen molar-refractivity contribution in [3.63, 3.8) is 0 Å². The van der Waals surface area contributed by atoms with Crippen molar-refractivity contribution in [1.29, 1.82) is 0 Å². The number of halogens is 1. The molecule has 6 nitrogen and oxygen atoms in total. The lowest BCUT2D eigenvalue weighted by Gasteiger charge is -2.22. The largest absolute Gasteiger partial charge is 0.467 e. The van der Waals surface area contributed by atoms with Crippen LogP contribution >= 0.6 is 11.6 Å². The summed E-state index contributed by atoms with van der Waals surface area (Å²) < 4.78 is 10.7. The first-order chi connectivity index (χ1) is 10.2. The van der Waals surface area contributed by atoms with Crippen molar-refractivity contribution in [3.8, 4) is 0 Å². The molecule has 1 N–H and O–H groups in total. The van der Waals surface area contributed by atoms with Crippen molar-refractivity contribution < 1.29 is 8.83 Å². The molecule has 0 fully saturated rings. The van der Waals surface area contributed by atoms with Gasteiger partial charge in [-0.05, 0) is 24.3 Å². The van der Waals surface area contributed by atoms with E-state index in [2.05, 4.69) is 10.2 Å². The molecule has 0 atom stereocenters. The summed E-state index contributed by atoms with van der Waals surface area (Å²) in [5, 5.41) is 6.19. The number of aromatic amines is 1. The Morgan fingerprint density at radius 2 is 1.76 bits per heavy atom. The molecule has 0 saturated heterocycles. The van der Waals surface area contributed by atoms with Crippen LogP contribution < -0.4 is 10.5 Å². The summed E-state index contributed by atoms with van der Waals surface area (Å²) in [5.41, 5.74) is 0.0891. The molecule has 0 aliphatic rings. The van der Waals surface area contributed by atoms with Gasteiger partial charge in [0.1, 0.15) is 16.5 Å². The highest BCUT2D eigenvalue weighted by molar-refractivity contribution is 6.32.